The predicted octanol–water partition coefficient (Wildman–Crippen LogP) is -0.301. The van der Waals surface area contributed by atoms with Crippen molar-refractivity contribution in [2.24, 2.45) is 5.92 Å². The third-order valence-corrected chi connectivity index (χ3v) is 2.45. The van der Waals surface area contributed by atoms with Crippen molar-refractivity contribution in [3.05, 3.63) is 0 Å². The van der Waals surface area contributed by atoms with E-state index in [1.807, 2.05) is 13.8 Å². The molecular weight excluding hydrogens is 186 g/mol. The average molecular weight is 201 g/mol. The van der Waals surface area contributed by atoms with Crippen LogP contribution in [0.2, 0.25) is 0 Å². The Morgan fingerprint density at radius 1 is 1.21 bits per heavy atom. The van der Waals surface area contributed by atoms with Crippen LogP contribution in [0.4, 0.5) is 0 Å². The molecule has 1 fully saturated rings. The van der Waals surface area contributed by atoms with Crippen LogP contribution in [0.25, 0.3) is 0 Å². The van der Waals surface area contributed by atoms with Gasteiger partial charge >= 0.3 is 11.9 Å². The lowest BCUT2D eigenvalue weighted by Gasteiger charge is -2.11. The standard InChI is InChI=1S/C9H15NO4/c1-5(2)6-9(10-6,7(11)13-3)8(12)14-4/h5-6,10H,1-4H3. The van der Waals surface area contributed by atoms with E-state index in [4.69, 9.17) is 0 Å². The molecule has 0 aromatic carbocycles. The highest BCUT2D eigenvalue weighted by molar-refractivity contribution is 6.09. The molecule has 5 nitrogen and oxygen atoms in total. The molecule has 0 saturated carbocycles. The highest BCUT2D eigenvalue weighted by Crippen LogP contribution is 2.34. The van der Waals surface area contributed by atoms with Crippen molar-refractivity contribution >= 4 is 11.9 Å². The van der Waals surface area contributed by atoms with Gasteiger partial charge in [-0.25, -0.2) is 9.59 Å². The first kappa shape index (κ1) is 11.0. The number of hydrogen-bond acceptors (Lipinski definition) is 5. The van der Waals surface area contributed by atoms with Crippen molar-refractivity contribution in [3.8, 4) is 0 Å². The molecule has 1 rings (SSSR count). The molecule has 0 bridgehead atoms. The number of carbonyl (C=O) groups excluding carboxylic acids is 2. The van der Waals surface area contributed by atoms with Gasteiger partial charge in [0, 0.05) is 0 Å². The first-order chi connectivity index (χ1) is 6.50. The molecule has 1 saturated heterocycles. The molecule has 80 valence electrons. The third-order valence-electron chi connectivity index (χ3n) is 2.45. The normalized spacial score (nSPS) is 23.1. The fourth-order valence-corrected chi connectivity index (χ4v) is 1.65. The average Bonchev–Trinajstić information content (AvgIpc) is 2.91. The van der Waals surface area contributed by atoms with E-state index in [0.717, 1.165) is 0 Å². The Morgan fingerprint density at radius 2 is 1.64 bits per heavy atom. The summed E-state index contributed by atoms with van der Waals surface area (Å²) in [7, 11) is 2.51. The molecule has 0 aromatic rings. The topological polar surface area (TPSA) is 74.5 Å². The largest absolute Gasteiger partial charge is 0.467 e. The molecule has 1 aliphatic heterocycles. The summed E-state index contributed by atoms with van der Waals surface area (Å²) in [4.78, 5) is 22.9. The number of nitrogens with one attached hydrogen (secondary N) is 1. The van der Waals surface area contributed by atoms with Gasteiger partial charge in [0.15, 0.2) is 0 Å². The van der Waals surface area contributed by atoms with Gasteiger partial charge in [0.05, 0.1) is 20.3 Å². The lowest BCUT2D eigenvalue weighted by molar-refractivity contribution is -0.156. The van der Waals surface area contributed by atoms with E-state index < -0.39 is 17.5 Å². The van der Waals surface area contributed by atoms with Gasteiger partial charge in [-0.2, -0.15) is 0 Å². The van der Waals surface area contributed by atoms with E-state index in [9.17, 15) is 9.59 Å². The van der Waals surface area contributed by atoms with Crippen molar-refractivity contribution in [3.63, 3.8) is 0 Å². The zero-order chi connectivity index (χ0) is 10.9. The van der Waals surface area contributed by atoms with Crippen LogP contribution < -0.4 is 5.32 Å². The lowest BCUT2D eigenvalue weighted by atomic mass is 9.97. The van der Waals surface area contributed by atoms with Crippen molar-refractivity contribution in [1.29, 1.82) is 0 Å². The van der Waals surface area contributed by atoms with Crippen LogP contribution >= 0.6 is 0 Å². The van der Waals surface area contributed by atoms with Crippen LogP contribution in [0.5, 0.6) is 0 Å². The van der Waals surface area contributed by atoms with E-state index in [2.05, 4.69) is 14.8 Å². The van der Waals surface area contributed by atoms with Gasteiger partial charge in [0.1, 0.15) is 0 Å². The first-order valence-corrected chi connectivity index (χ1v) is 4.45. The van der Waals surface area contributed by atoms with Gasteiger partial charge in [-0.1, -0.05) is 13.8 Å². The molecule has 0 radical (unpaired) electrons. The minimum absolute atomic E-state index is 0.174. The molecule has 1 atom stereocenters. The summed E-state index contributed by atoms with van der Waals surface area (Å²) in [6.07, 6.45) is 0. The lowest BCUT2D eigenvalue weighted by Crippen LogP contribution is -2.41. The van der Waals surface area contributed by atoms with Crippen molar-refractivity contribution in [2.45, 2.75) is 25.4 Å². The second kappa shape index (κ2) is 3.57. The zero-order valence-corrected chi connectivity index (χ0v) is 8.79. The summed E-state index contributed by atoms with van der Waals surface area (Å²) in [5, 5.41) is 2.83. The number of methoxy groups -OCH3 is 2. The Hall–Kier alpha value is -1.10. The van der Waals surface area contributed by atoms with Crippen LogP contribution in [0, 0.1) is 5.92 Å². The molecule has 1 aliphatic rings. The first-order valence-electron chi connectivity index (χ1n) is 4.45. The maximum atomic E-state index is 11.4. The molecule has 1 heterocycles. The number of hydrogen-bond donors (Lipinski definition) is 1. The second-order valence-corrected chi connectivity index (χ2v) is 3.66. The minimum Gasteiger partial charge on any atom is -0.467 e. The molecule has 0 amide bonds. The molecular formula is C9H15NO4. The highest BCUT2D eigenvalue weighted by Gasteiger charge is 2.68. The molecule has 1 N–H and O–H groups in total. The van der Waals surface area contributed by atoms with Gasteiger partial charge in [-0.15, -0.1) is 0 Å². The zero-order valence-electron chi connectivity index (χ0n) is 8.79. The molecule has 0 aromatic heterocycles. The molecule has 0 aliphatic carbocycles. The summed E-state index contributed by atoms with van der Waals surface area (Å²) in [6, 6.07) is -0.192. The van der Waals surface area contributed by atoms with E-state index in [1.165, 1.54) is 14.2 Å². The maximum absolute atomic E-state index is 11.4. The minimum atomic E-state index is -1.27. The van der Waals surface area contributed by atoms with E-state index in [0.29, 0.717) is 0 Å². The summed E-state index contributed by atoms with van der Waals surface area (Å²) >= 11 is 0. The maximum Gasteiger partial charge on any atom is 0.339 e. The fourth-order valence-electron chi connectivity index (χ4n) is 1.65. The SMILES string of the molecule is COC(=O)C1(C(=O)OC)NC1C(C)C. The molecule has 5 heteroatoms. The van der Waals surface area contributed by atoms with Crippen LogP contribution in [0.1, 0.15) is 13.8 Å². The quantitative estimate of drug-likeness (QED) is 0.385. The van der Waals surface area contributed by atoms with Crippen LogP contribution in [-0.2, 0) is 19.1 Å². The van der Waals surface area contributed by atoms with Crippen LogP contribution in [-0.4, -0.2) is 37.7 Å². The van der Waals surface area contributed by atoms with E-state index in [-0.39, 0.29) is 12.0 Å². The third kappa shape index (κ3) is 1.37. The summed E-state index contributed by atoms with van der Waals surface area (Å²) in [5.41, 5.74) is -1.27. The van der Waals surface area contributed by atoms with Crippen molar-refractivity contribution in [1.82, 2.24) is 5.32 Å². The fraction of sp³-hybridized carbons (Fsp3) is 0.778. The Morgan fingerprint density at radius 3 is 1.86 bits per heavy atom. The van der Waals surface area contributed by atoms with Gasteiger partial charge in [-0.3, -0.25) is 5.32 Å². The Bertz CT molecular complexity index is 246. The summed E-state index contributed by atoms with van der Waals surface area (Å²) in [5.74, 6) is -0.987. The monoisotopic (exact) mass is 201 g/mol. The van der Waals surface area contributed by atoms with Gasteiger partial charge in [0.25, 0.3) is 0 Å². The highest BCUT2D eigenvalue weighted by atomic mass is 16.6. The van der Waals surface area contributed by atoms with Crippen molar-refractivity contribution in [2.75, 3.05) is 14.2 Å². The number of ether oxygens (including phenoxy) is 2. The predicted molar refractivity (Wildman–Crippen MR) is 48.5 cm³/mol. The van der Waals surface area contributed by atoms with Crippen LogP contribution in [0.15, 0.2) is 0 Å². The number of carbonyl (C=O) groups is 2. The van der Waals surface area contributed by atoms with E-state index in [1.54, 1.807) is 0 Å². The van der Waals surface area contributed by atoms with Gasteiger partial charge in [0.2, 0.25) is 5.54 Å². The Balaban J connectivity index is 2.86. The molecule has 1 unspecified atom stereocenters. The molecule has 0 spiro atoms. The smallest absolute Gasteiger partial charge is 0.339 e. The van der Waals surface area contributed by atoms with Crippen LogP contribution in [0.3, 0.4) is 0 Å². The molecule has 14 heavy (non-hydrogen) atoms. The number of rotatable bonds is 3. The summed E-state index contributed by atoms with van der Waals surface area (Å²) in [6.45, 7) is 3.84. The van der Waals surface area contributed by atoms with Gasteiger partial charge in [-0.05, 0) is 5.92 Å². The number of esters is 2. The van der Waals surface area contributed by atoms with E-state index >= 15 is 0 Å². The van der Waals surface area contributed by atoms with Gasteiger partial charge < -0.3 is 9.47 Å². The Kier molecular flexibility index (Phi) is 2.80. The second-order valence-electron chi connectivity index (χ2n) is 3.66. The summed E-state index contributed by atoms with van der Waals surface area (Å²) < 4.78 is 9.16. The Labute approximate surface area is 82.8 Å². The van der Waals surface area contributed by atoms with Crippen molar-refractivity contribution < 1.29 is 19.1 Å².